The first-order chi connectivity index (χ1) is 6.45. The molecule has 1 aromatic rings. The maximum absolute atomic E-state index is 13.6. The summed E-state index contributed by atoms with van der Waals surface area (Å²) in [4.78, 5) is 7.31. The van der Waals surface area contributed by atoms with E-state index < -0.39 is 5.67 Å². The number of aromatic amines is 1. The van der Waals surface area contributed by atoms with Gasteiger partial charge in [-0.05, 0) is 33.7 Å². The Kier molecular flexibility index (Phi) is 3.26. The number of nitrogens with two attached hydrogens (primary N) is 1. The van der Waals surface area contributed by atoms with Crippen molar-refractivity contribution >= 4 is 0 Å². The molecule has 0 unspecified atom stereocenters. The first-order valence-corrected chi connectivity index (χ1v) is 4.90. The summed E-state index contributed by atoms with van der Waals surface area (Å²) in [6, 6.07) is 0. The number of imidazole rings is 1. The first-order valence-electron chi connectivity index (χ1n) is 4.90. The van der Waals surface area contributed by atoms with E-state index in [9.17, 15) is 4.39 Å². The molecule has 0 bridgehead atoms. The highest BCUT2D eigenvalue weighted by molar-refractivity contribution is 5.19. The van der Waals surface area contributed by atoms with Crippen molar-refractivity contribution in [3.05, 3.63) is 17.2 Å². The third-order valence-electron chi connectivity index (χ3n) is 2.11. The number of aromatic nitrogens is 2. The summed E-state index contributed by atoms with van der Waals surface area (Å²) in [7, 11) is 0. The number of nitrogens with one attached hydrogen (secondary N) is 1. The largest absolute Gasteiger partial charge is 0.346 e. The van der Waals surface area contributed by atoms with Crippen LogP contribution in [0.1, 0.15) is 37.5 Å². The lowest BCUT2D eigenvalue weighted by Crippen LogP contribution is -2.11. The van der Waals surface area contributed by atoms with E-state index in [0.717, 1.165) is 24.4 Å². The van der Waals surface area contributed by atoms with Crippen LogP contribution in [0.4, 0.5) is 4.39 Å². The maximum Gasteiger partial charge on any atom is 0.149 e. The van der Waals surface area contributed by atoms with Crippen molar-refractivity contribution in [1.29, 1.82) is 0 Å². The summed E-state index contributed by atoms with van der Waals surface area (Å²) < 4.78 is 13.6. The molecule has 0 aliphatic rings. The average Bonchev–Trinajstić information content (AvgIpc) is 2.42. The molecule has 0 saturated heterocycles. The van der Waals surface area contributed by atoms with Crippen LogP contribution >= 0.6 is 0 Å². The van der Waals surface area contributed by atoms with E-state index in [0.29, 0.717) is 12.2 Å². The summed E-state index contributed by atoms with van der Waals surface area (Å²) >= 11 is 0. The summed E-state index contributed by atoms with van der Waals surface area (Å²) in [6.07, 6.45) is 1.66. The van der Waals surface area contributed by atoms with E-state index in [-0.39, 0.29) is 0 Å². The zero-order chi connectivity index (χ0) is 10.8. The molecule has 3 N–H and O–H groups in total. The van der Waals surface area contributed by atoms with Crippen molar-refractivity contribution in [2.24, 2.45) is 5.73 Å². The van der Waals surface area contributed by atoms with Gasteiger partial charge >= 0.3 is 0 Å². The van der Waals surface area contributed by atoms with Crippen LogP contribution < -0.4 is 5.73 Å². The molecule has 80 valence electrons. The number of alkyl halides is 1. The van der Waals surface area contributed by atoms with Gasteiger partial charge in [0.25, 0.3) is 0 Å². The minimum atomic E-state index is -1.37. The molecule has 1 heterocycles. The molecule has 0 radical (unpaired) electrons. The Morgan fingerprint density at radius 1 is 1.50 bits per heavy atom. The second-order valence-corrected chi connectivity index (χ2v) is 4.02. The van der Waals surface area contributed by atoms with E-state index >= 15 is 0 Å². The highest BCUT2D eigenvalue weighted by Gasteiger charge is 2.24. The normalized spacial score (nSPS) is 12.1. The van der Waals surface area contributed by atoms with Crippen LogP contribution in [0.3, 0.4) is 0 Å². The van der Waals surface area contributed by atoms with Crippen molar-refractivity contribution in [2.75, 3.05) is 6.54 Å². The highest BCUT2D eigenvalue weighted by Crippen LogP contribution is 2.25. The summed E-state index contributed by atoms with van der Waals surface area (Å²) in [5.41, 5.74) is 5.33. The predicted octanol–water partition coefficient (Wildman–Crippen LogP) is 1.81. The number of aryl methyl sites for hydroxylation is 2. The quantitative estimate of drug-likeness (QED) is 0.777. The van der Waals surface area contributed by atoms with E-state index in [1.165, 1.54) is 13.8 Å². The lowest BCUT2D eigenvalue weighted by Gasteiger charge is -2.11. The van der Waals surface area contributed by atoms with Crippen LogP contribution in [0.25, 0.3) is 0 Å². The van der Waals surface area contributed by atoms with Crippen molar-refractivity contribution in [2.45, 2.75) is 39.3 Å². The van der Waals surface area contributed by atoms with Gasteiger partial charge in [0.05, 0.1) is 5.69 Å². The monoisotopic (exact) mass is 199 g/mol. The minimum absolute atomic E-state index is 0.504. The van der Waals surface area contributed by atoms with Crippen LogP contribution in [0.5, 0.6) is 0 Å². The standard InChI is InChI=1S/C10H18FN3/c1-7-9(10(2,3)11)14-8(13-7)5-4-6-12/h4-6,12H2,1-3H3,(H,13,14). The molecule has 1 aromatic heterocycles. The number of rotatable bonds is 4. The molecule has 0 spiro atoms. The zero-order valence-corrected chi connectivity index (χ0v) is 9.02. The van der Waals surface area contributed by atoms with E-state index in [1.807, 2.05) is 6.92 Å². The topological polar surface area (TPSA) is 54.7 Å². The molecule has 4 heteroatoms. The van der Waals surface area contributed by atoms with Crippen LogP contribution in [-0.2, 0) is 12.1 Å². The smallest absolute Gasteiger partial charge is 0.149 e. The Labute approximate surface area is 83.9 Å². The molecule has 1 rings (SSSR count). The Balaban J connectivity index is 2.83. The summed E-state index contributed by atoms with van der Waals surface area (Å²) in [6.45, 7) is 5.51. The van der Waals surface area contributed by atoms with Gasteiger partial charge in [-0.1, -0.05) is 0 Å². The summed E-state index contributed by atoms with van der Waals surface area (Å²) in [5, 5.41) is 0. The van der Waals surface area contributed by atoms with Gasteiger partial charge in [0.2, 0.25) is 0 Å². The second-order valence-electron chi connectivity index (χ2n) is 4.02. The molecule has 0 aliphatic heterocycles. The Morgan fingerprint density at radius 2 is 2.14 bits per heavy atom. The lowest BCUT2D eigenvalue weighted by molar-refractivity contribution is 0.213. The molecule has 0 aromatic carbocycles. The SMILES string of the molecule is Cc1[nH]c(CCCN)nc1C(C)(C)F. The van der Waals surface area contributed by atoms with Crippen molar-refractivity contribution < 1.29 is 4.39 Å². The van der Waals surface area contributed by atoms with Gasteiger partial charge in [0.15, 0.2) is 0 Å². The first kappa shape index (κ1) is 11.2. The van der Waals surface area contributed by atoms with Gasteiger partial charge in [0.1, 0.15) is 11.5 Å². The van der Waals surface area contributed by atoms with Gasteiger partial charge in [-0.15, -0.1) is 0 Å². The van der Waals surface area contributed by atoms with Crippen LogP contribution in [0, 0.1) is 6.92 Å². The fraction of sp³-hybridized carbons (Fsp3) is 0.700. The molecule has 0 fully saturated rings. The third kappa shape index (κ3) is 2.54. The van der Waals surface area contributed by atoms with Crippen LogP contribution in [0.2, 0.25) is 0 Å². The Bertz CT molecular complexity index is 299. The van der Waals surface area contributed by atoms with Gasteiger partial charge in [0, 0.05) is 12.1 Å². The number of H-pyrrole nitrogens is 1. The molecule has 0 aliphatic carbocycles. The third-order valence-corrected chi connectivity index (χ3v) is 2.11. The highest BCUT2D eigenvalue weighted by atomic mass is 19.1. The van der Waals surface area contributed by atoms with Gasteiger partial charge in [-0.3, -0.25) is 0 Å². The molecule has 0 saturated carbocycles. The maximum atomic E-state index is 13.6. The molecule has 0 atom stereocenters. The molecule has 0 amide bonds. The van der Waals surface area contributed by atoms with Gasteiger partial charge in [-0.25, -0.2) is 9.37 Å². The van der Waals surface area contributed by atoms with Crippen molar-refractivity contribution in [3.63, 3.8) is 0 Å². The minimum Gasteiger partial charge on any atom is -0.346 e. The molecular formula is C10H18FN3. The molecular weight excluding hydrogens is 181 g/mol. The fourth-order valence-corrected chi connectivity index (χ4v) is 1.49. The van der Waals surface area contributed by atoms with Gasteiger partial charge < -0.3 is 10.7 Å². The lowest BCUT2D eigenvalue weighted by atomic mass is 10.1. The average molecular weight is 199 g/mol. The number of halogens is 1. The van der Waals surface area contributed by atoms with Crippen molar-refractivity contribution in [1.82, 2.24) is 9.97 Å². The van der Waals surface area contributed by atoms with Crippen LogP contribution in [0.15, 0.2) is 0 Å². The van der Waals surface area contributed by atoms with E-state index in [2.05, 4.69) is 9.97 Å². The van der Waals surface area contributed by atoms with Crippen LogP contribution in [-0.4, -0.2) is 16.5 Å². The van der Waals surface area contributed by atoms with Crippen molar-refractivity contribution in [3.8, 4) is 0 Å². The summed E-state index contributed by atoms with van der Waals surface area (Å²) in [5.74, 6) is 0.827. The van der Waals surface area contributed by atoms with E-state index in [1.54, 1.807) is 0 Å². The second kappa shape index (κ2) is 4.09. The number of hydrogen-bond acceptors (Lipinski definition) is 2. The van der Waals surface area contributed by atoms with Gasteiger partial charge in [-0.2, -0.15) is 0 Å². The number of hydrogen-bond donors (Lipinski definition) is 2. The van der Waals surface area contributed by atoms with E-state index in [4.69, 9.17) is 5.73 Å². The Hall–Kier alpha value is -0.900. The molecule has 3 nitrogen and oxygen atoms in total. The fourth-order valence-electron chi connectivity index (χ4n) is 1.49. The predicted molar refractivity (Wildman–Crippen MR) is 54.8 cm³/mol. The Morgan fingerprint density at radius 3 is 2.57 bits per heavy atom. The number of nitrogens with zero attached hydrogens (tertiary/aromatic N) is 1. The zero-order valence-electron chi connectivity index (χ0n) is 9.02. The molecule has 14 heavy (non-hydrogen) atoms.